The lowest BCUT2D eigenvalue weighted by Crippen LogP contribution is -2.61. The van der Waals surface area contributed by atoms with E-state index >= 15 is 0 Å². The summed E-state index contributed by atoms with van der Waals surface area (Å²) >= 11 is 0. The first-order chi connectivity index (χ1) is 15.6. The summed E-state index contributed by atoms with van der Waals surface area (Å²) in [6, 6.07) is 0.142. The third kappa shape index (κ3) is 5.88. The number of rotatable bonds is 7. The highest BCUT2D eigenvalue weighted by Crippen LogP contribution is 2.39. The number of aliphatic hydroxyl groups excluding tert-OH is 1. The zero-order valence-corrected chi connectivity index (χ0v) is 21.7. The van der Waals surface area contributed by atoms with Crippen LogP contribution in [0.2, 0.25) is 0 Å². The molecule has 11 heteroatoms. The monoisotopic (exact) mass is 483 g/mol. The van der Waals surface area contributed by atoms with Gasteiger partial charge in [0.25, 0.3) is 0 Å². The fourth-order valence-electron chi connectivity index (χ4n) is 5.45. The maximum atomic E-state index is 10.6. The van der Waals surface area contributed by atoms with E-state index < -0.39 is 22.2 Å². The number of nitrogens with zero attached hydrogens (tertiary/aromatic N) is 5. The van der Waals surface area contributed by atoms with Crippen molar-refractivity contribution in [1.82, 2.24) is 25.1 Å². The summed E-state index contributed by atoms with van der Waals surface area (Å²) in [6.07, 6.45) is 1.78. The van der Waals surface area contributed by atoms with Crippen LogP contribution in [0.3, 0.4) is 0 Å². The SMILES string of the molecule is CC1(C)CC(Oc2nc(OCCO)nc(OC3CC(C)(C)N(O)C(C)(C)C3)n2)CC(C)(C)N1O. The lowest BCUT2D eigenvalue weighted by atomic mass is 9.80. The van der Waals surface area contributed by atoms with Gasteiger partial charge in [-0.25, -0.2) is 0 Å². The van der Waals surface area contributed by atoms with E-state index in [2.05, 4.69) is 15.0 Å². The molecule has 1 aromatic heterocycles. The summed E-state index contributed by atoms with van der Waals surface area (Å²) in [6.45, 7) is 15.5. The largest absolute Gasteiger partial charge is 0.461 e. The number of hydrogen-bond acceptors (Lipinski definition) is 11. The van der Waals surface area contributed by atoms with Crippen molar-refractivity contribution in [2.75, 3.05) is 13.2 Å². The topological polar surface area (TPSA) is 134 Å². The van der Waals surface area contributed by atoms with Crippen LogP contribution in [0.4, 0.5) is 0 Å². The molecule has 3 heterocycles. The van der Waals surface area contributed by atoms with Crippen molar-refractivity contribution in [3.8, 4) is 18.0 Å². The van der Waals surface area contributed by atoms with Crippen molar-refractivity contribution >= 4 is 0 Å². The Balaban J connectivity index is 1.83. The van der Waals surface area contributed by atoms with Gasteiger partial charge in [0.15, 0.2) is 0 Å². The van der Waals surface area contributed by atoms with Crippen LogP contribution in [0.1, 0.15) is 81.1 Å². The average Bonchev–Trinajstić information content (AvgIpc) is 2.67. The fourth-order valence-corrected chi connectivity index (χ4v) is 5.45. The van der Waals surface area contributed by atoms with Gasteiger partial charge in [0.2, 0.25) is 0 Å². The predicted octanol–water partition coefficient (Wildman–Crippen LogP) is 2.82. The van der Waals surface area contributed by atoms with Crippen molar-refractivity contribution in [2.45, 2.75) is 115 Å². The molecule has 34 heavy (non-hydrogen) atoms. The first-order valence-electron chi connectivity index (χ1n) is 11.9. The first kappa shape index (κ1) is 26.8. The van der Waals surface area contributed by atoms with Gasteiger partial charge in [-0.05, 0) is 55.4 Å². The van der Waals surface area contributed by atoms with E-state index in [1.807, 2.05) is 55.4 Å². The van der Waals surface area contributed by atoms with Crippen molar-refractivity contribution in [3.05, 3.63) is 0 Å². The fraction of sp³-hybridized carbons (Fsp3) is 0.870. The molecule has 2 saturated heterocycles. The minimum Gasteiger partial charge on any atom is -0.461 e. The molecule has 0 spiro atoms. The number of ether oxygens (including phenoxy) is 3. The van der Waals surface area contributed by atoms with Gasteiger partial charge in [-0.1, -0.05) is 0 Å². The second kappa shape index (κ2) is 9.34. The molecule has 0 bridgehead atoms. The van der Waals surface area contributed by atoms with Crippen molar-refractivity contribution < 1.29 is 29.7 Å². The number of hydrogen-bond donors (Lipinski definition) is 3. The second-order valence-corrected chi connectivity index (χ2v) is 11.9. The van der Waals surface area contributed by atoms with Crippen molar-refractivity contribution in [2.24, 2.45) is 0 Å². The summed E-state index contributed by atoms with van der Waals surface area (Å²) in [5, 5.41) is 33.1. The molecule has 11 nitrogen and oxygen atoms in total. The molecule has 2 aliphatic heterocycles. The van der Waals surface area contributed by atoms with Crippen LogP contribution in [-0.2, 0) is 0 Å². The van der Waals surface area contributed by atoms with E-state index in [1.54, 1.807) is 0 Å². The maximum Gasteiger partial charge on any atom is 0.326 e. The van der Waals surface area contributed by atoms with Crippen LogP contribution < -0.4 is 14.2 Å². The van der Waals surface area contributed by atoms with Gasteiger partial charge in [-0.3, -0.25) is 0 Å². The van der Waals surface area contributed by atoms with Gasteiger partial charge < -0.3 is 29.7 Å². The Kier molecular flexibility index (Phi) is 7.37. The molecule has 0 aromatic carbocycles. The first-order valence-corrected chi connectivity index (χ1v) is 11.9. The Morgan fingerprint density at radius 2 is 1.00 bits per heavy atom. The Morgan fingerprint density at radius 1 is 0.676 bits per heavy atom. The minimum atomic E-state index is -0.496. The molecule has 2 fully saturated rings. The molecule has 2 aliphatic rings. The summed E-state index contributed by atoms with van der Waals surface area (Å²) in [5.74, 6) is 0. The Bertz CT molecular complexity index is 764. The van der Waals surface area contributed by atoms with Gasteiger partial charge in [-0.15, -0.1) is 15.0 Å². The number of aliphatic hydroxyl groups is 1. The molecule has 3 N–H and O–H groups in total. The molecule has 3 rings (SSSR count). The molecule has 194 valence electrons. The van der Waals surface area contributed by atoms with Crippen molar-refractivity contribution in [3.63, 3.8) is 0 Å². The molecular weight excluding hydrogens is 442 g/mol. The summed E-state index contributed by atoms with van der Waals surface area (Å²) in [7, 11) is 0. The maximum absolute atomic E-state index is 10.6. The Labute approximate surface area is 202 Å². The summed E-state index contributed by atoms with van der Waals surface area (Å²) < 4.78 is 17.8. The van der Waals surface area contributed by atoms with E-state index in [4.69, 9.17) is 19.3 Å². The summed E-state index contributed by atoms with van der Waals surface area (Å²) in [5.41, 5.74) is -1.98. The Morgan fingerprint density at radius 3 is 1.32 bits per heavy atom. The van der Waals surface area contributed by atoms with E-state index in [-0.39, 0.29) is 43.5 Å². The van der Waals surface area contributed by atoms with E-state index in [0.717, 1.165) is 0 Å². The molecule has 0 atom stereocenters. The van der Waals surface area contributed by atoms with Gasteiger partial charge in [0, 0.05) is 47.8 Å². The van der Waals surface area contributed by atoms with Gasteiger partial charge in [0.05, 0.1) is 6.61 Å². The number of hydroxylamine groups is 4. The van der Waals surface area contributed by atoms with Crippen LogP contribution in [0.5, 0.6) is 18.0 Å². The summed E-state index contributed by atoms with van der Waals surface area (Å²) in [4.78, 5) is 12.9. The van der Waals surface area contributed by atoms with Crippen LogP contribution in [-0.4, -0.2) is 88.2 Å². The number of aromatic nitrogens is 3. The normalized spacial score (nSPS) is 25.1. The zero-order valence-electron chi connectivity index (χ0n) is 21.7. The molecule has 0 unspecified atom stereocenters. The van der Waals surface area contributed by atoms with Crippen LogP contribution >= 0.6 is 0 Å². The Hall–Kier alpha value is -1.79. The van der Waals surface area contributed by atoms with Gasteiger partial charge in [0.1, 0.15) is 18.8 Å². The van der Waals surface area contributed by atoms with Crippen LogP contribution in [0.15, 0.2) is 0 Å². The minimum absolute atomic E-state index is 0.00489. The lowest BCUT2D eigenvalue weighted by Gasteiger charge is -2.51. The lowest BCUT2D eigenvalue weighted by molar-refractivity contribution is -0.255. The standard InChI is InChI=1S/C23H41N5O6/c1-20(2)11-15(12-21(3,4)27(20)30)33-18-24-17(32-10-9-29)25-19(26-18)34-16-13-22(5,6)28(31)23(7,8)14-16/h15-16,29-31H,9-14H2,1-8H3. The average molecular weight is 484 g/mol. The van der Waals surface area contributed by atoms with E-state index in [0.29, 0.717) is 25.7 Å². The number of piperidine rings is 2. The zero-order chi connectivity index (χ0) is 25.5. The van der Waals surface area contributed by atoms with Crippen LogP contribution in [0.25, 0.3) is 0 Å². The molecule has 0 radical (unpaired) electrons. The van der Waals surface area contributed by atoms with Gasteiger partial charge >= 0.3 is 18.0 Å². The highest BCUT2D eigenvalue weighted by atomic mass is 16.5. The van der Waals surface area contributed by atoms with E-state index in [1.165, 1.54) is 10.1 Å². The molecule has 0 aliphatic carbocycles. The van der Waals surface area contributed by atoms with Crippen molar-refractivity contribution in [1.29, 1.82) is 0 Å². The smallest absolute Gasteiger partial charge is 0.326 e. The molecule has 1 aromatic rings. The van der Waals surface area contributed by atoms with Gasteiger partial charge in [-0.2, -0.15) is 10.1 Å². The third-order valence-electron chi connectivity index (χ3n) is 6.64. The van der Waals surface area contributed by atoms with E-state index in [9.17, 15) is 10.4 Å². The second-order valence-electron chi connectivity index (χ2n) is 11.9. The molecular formula is C23H41N5O6. The molecule has 0 amide bonds. The third-order valence-corrected chi connectivity index (χ3v) is 6.64. The van der Waals surface area contributed by atoms with Crippen LogP contribution in [0, 0.1) is 0 Å². The quantitative estimate of drug-likeness (QED) is 0.528. The highest BCUT2D eigenvalue weighted by Gasteiger charge is 2.47. The predicted molar refractivity (Wildman–Crippen MR) is 123 cm³/mol. The molecule has 0 saturated carbocycles. The highest BCUT2D eigenvalue weighted by molar-refractivity contribution is 5.11.